The Balaban J connectivity index is 2.05. The Hall–Kier alpha value is -3.30. The maximum absolute atomic E-state index is 12.5. The molecule has 0 fully saturated rings. The second-order valence-electron chi connectivity index (χ2n) is 6.13. The molecule has 0 bridgehead atoms. The fraction of sp³-hybridized carbons (Fsp3) is 0.227. The number of nitrogens with zero attached hydrogens (tertiary/aromatic N) is 1. The molecule has 2 aromatic carbocycles. The second-order valence-corrected chi connectivity index (χ2v) is 6.54. The van der Waals surface area contributed by atoms with Crippen LogP contribution in [0.3, 0.4) is 0 Å². The predicted molar refractivity (Wildman–Crippen MR) is 112 cm³/mol. The van der Waals surface area contributed by atoms with E-state index in [-0.39, 0.29) is 16.8 Å². The van der Waals surface area contributed by atoms with Crippen molar-refractivity contribution in [3.63, 3.8) is 0 Å². The van der Waals surface area contributed by atoms with Crippen LogP contribution >= 0.6 is 11.6 Å². The topological polar surface area (TPSA) is 91.2 Å². The smallest absolute Gasteiger partial charge is 0.340 e. The van der Waals surface area contributed by atoms with Crippen molar-refractivity contribution >= 4 is 29.2 Å². The highest BCUT2D eigenvalue weighted by atomic mass is 35.5. The molecule has 7 heteroatoms. The number of nitriles is 1. The monoisotopic (exact) mass is 411 g/mol. The molecule has 0 saturated carbocycles. The van der Waals surface area contributed by atoms with Crippen LogP contribution in [0.5, 0.6) is 0 Å². The number of carbonyl (C=O) groups excluding carboxylic acids is 2. The zero-order chi connectivity index (χ0) is 21.1. The summed E-state index contributed by atoms with van der Waals surface area (Å²) in [6.07, 6.45) is 2.99. The summed E-state index contributed by atoms with van der Waals surface area (Å²) in [7, 11) is 0. The van der Waals surface area contributed by atoms with E-state index in [9.17, 15) is 14.9 Å². The molecule has 150 valence electrons. The molecule has 0 unspecified atom stereocenters. The summed E-state index contributed by atoms with van der Waals surface area (Å²) in [5, 5.41) is 15.4. The molecule has 0 atom stereocenters. The molecule has 0 spiro atoms. The first kappa shape index (κ1) is 22.0. The molecule has 0 aliphatic heterocycles. The van der Waals surface area contributed by atoms with Crippen LogP contribution in [0.1, 0.15) is 35.7 Å². The van der Waals surface area contributed by atoms with Crippen molar-refractivity contribution in [3.05, 3.63) is 76.5 Å². The van der Waals surface area contributed by atoms with Gasteiger partial charge in [0.05, 0.1) is 17.9 Å². The summed E-state index contributed by atoms with van der Waals surface area (Å²) in [4.78, 5) is 24.7. The minimum Gasteiger partial charge on any atom is -0.462 e. The van der Waals surface area contributed by atoms with Gasteiger partial charge in [-0.05, 0) is 30.2 Å². The number of amides is 1. The van der Waals surface area contributed by atoms with E-state index in [2.05, 4.69) is 10.6 Å². The number of anilines is 1. The van der Waals surface area contributed by atoms with Gasteiger partial charge in [0.1, 0.15) is 11.6 Å². The molecule has 0 saturated heterocycles. The summed E-state index contributed by atoms with van der Waals surface area (Å²) in [5.74, 6) is -1.15. The number of unbranched alkanes of at least 4 members (excludes halogenated alkanes) is 1. The molecule has 0 aliphatic carbocycles. The van der Waals surface area contributed by atoms with Gasteiger partial charge in [0.2, 0.25) is 0 Å². The number of carbonyl (C=O) groups is 2. The number of rotatable bonds is 9. The number of benzene rings is 2. The zero-order valence-corrected chi connectivity index (χ0v) is 16.8. The van der Waals surface area contributed by atoms with Crippen molar-refractivity contribution in [2.45, 2.75) is 26.3 Å². The summed E-state index contributed by atoms with van der Waals surface area (Å²) in [6.45, 7) is 2.67. The Bertz CT molecular complexity index is 935. The van der Waals surface area contributed by atoms with E-state index >= 15 is 0 Å². The molecule has 1 amide bonds. The average Bonchev–Trinajstić information content (AvgIpc) is 2.73. The van der Waals surface area contributed by atoms with Crippen LogP contribution in [0.15, 0.2) is 60.3 Å². The van der Waals surface area contributed by atoms with Crippen molar-refractivity contribution in [2.75, 3.05) is 11.9 Å². The molecule has 0 aliphatic rings. The fourth-order valence-electron chi connectivity index (χ4n) is 2.40. The number of halogens is 1. The predicted octanol–water partition coefficient (Wildman–Crippen LogP) is 4.43. The largest absolute Gasteiger partial charge is 0.462 e. The SMILES string of the molecule is CCCCOC(=O)c1ccccc1NC(=O)/C(C#N)=C\NCc1ccccc1Cl. The zero-order valence-electron chi connectivity index (χ0n) is 16.1. The lowest BCUT2D eigenvalue weighted by Crippen LogP contribution is -2.19. The van der Waals surface area contributed by atoms with Crippen LogP contribution in [-0.2, 0) is 16.1 Å². The number of para-hydroxylation sites is 1. The molecule has 2 rings (SSSR count). The minimum absolute atomic E-state index is 0.133. The third kappa shape index (κ3) is 6.66. The van der Waals surface area contributed by atoms with Crippen LogP contribution < -0.4 is 10.6 Å². The lowest BCUT2D eigenvalue weighted by atomic mass is 10.1. The second kappa shape index (κ2) is 11.5. The van der Waals surface area contributed by atoms with Gasteiger partial charge in [0.25, 0.3) is 5.91 Å². The first-order chi connectivity index (χ1) is 14.1. The van der Waals surface area contributed by atoms with E-state index in [0.717, 1.165) is 18.4 Å². The number of hydrogen-bond acceptors (Lipinski definition) is 5. The van der Waals surface area contributed by atoms with Crippen molar-refractivity contribution in [1.82, 2.24) is 5.32 Å². The molecular weight excluding hydrogens is 390 g/mol. The van der Waals surface area contributed by atoms with Gasteiger partial charge >= 0.3 is 5.97 Å². The highest BCUT2D eigenvalue weighted by Crippen LogP contribution is 2.18. The van der Waals surface area contributed by atoms with E-state index in [0.29, 0.717) is 18.2 Å². The first-order valence-corrected chi connectivity index (χ1v) is 9.59. The van der Waals surface area contributed by atoms with Gasteiger partial charge in [-0.15, -0.1) is 0 Å². The molecule has 2 aromatic rings. The minimum atomic E-state index is -0.632. The van der Waals surface area contributed by atoms with Crippen molar-refractivity contribution < 1.29 is 14.3 Å². The Morgan fingerprint density at radius 3 is 2.62 bits per heavy atom. The number of hydrogen-bond donors (Lipinski definition) is 2. The molecule has 2 N–H and O–H groups in total. The average molecular weight is 412 g/mol. The van der Waals surface area contributed by atoms with E-state index in [1.165, 1.54) is 6.20 Å². The van der Waals surface area contributed by atoms with E-state index in [1.54, 1.807) is 30.3 Å². The first-order valence-electron chi connectivity index (χ1n) is 9.21. The molecule has 0 radical (unpaired) electrons. The van der Waals surface area contributed by atoms with Gasteiger partial charge < -0.3 is 15.4 Å². The Morgan fingerprint density at radius 1 is 1.17 bits per heavy atom. The summed E-state index contributed by atoms with van der Waals surface area (Å²) in [5.41, 5.74) is 1.22. The Kier molecular flexibility index (Phi) is 8.74. The van der Waals surface area contributed by atoms with Gasteiger partial charge in [0.15, 0.2) is 0 Å². The van der Waals surface area contributed by atoms with Gasteiger partial charge in [-0.1, -0.05) is 55.3 Å². The number of esters is 1. The van der Waals surface area contributed by atoms with Gasteiger partial charge in [0, 0.05) is 17.8 Å². The van der Waals surface area contributed by atoms with E-state index in [1.807, 2.05) is 31.2 Å². The van der Waals surface area contributed by atoms with Crippen molar-refractivity contribution in [2.24, 2.45) is 0 Å². The van der Waals surface area contributed by atoms with Gasteiger partial charge in [-0.2, -0.15) is 5.26 Å². The van der Waals surface area contributed by atoms with Crippen LogP contribution in [0.25, 0.3) is 0 Å². The highest BCUT2D eigenvalue weighted by Gasteiger charge is 2.16. The molecule has 29 heavy (non-hydrogen) atoms. The summed E-state index contributed by atoms with van der Waals surface area (Å²) >= 11 is 6.09. The third-order valence-electron chi connectivity index (χ3n) is 3.99. The maximum Gasteiger partial charge on any atom is 0.340 e. The molecule has 0 aromatic heterocycles. The molecule has 0 heterocycles. The van der Waals surface area contributed by atoms with Gasteiger partial charge in [-0.3, -0.25) is 4.79 Å². The Morgan fingerprint density at radius 2 is 1.90 bits per heavy atom. The Labute approximate surface area is 175 Å². The summed E-state index contributed by atoms with van der Waals surface area (Å²) < 4.78 is 5.21. The van der Waals surface area contributed by atoms with E-state index < -0.39 is 11.9 Å². The highest BCUT2D eigenvalue weighted by molar-refractivity contribution is 6.31. The summed E-state index contributed by atoms with van der Waals surface area (Å²) in [6, 6.07) is 15.6. The van der Waals surface area contributed by atoms with Crippen LogP contribution in [0.2, 0.25) is 5.02 Å². The molecule has 6 nitrogen and oxygen atoms in total. The van der Waals surface area contributed by atoms with E-state index in [4.69, 9.17) is 16.3 Å². The third-order valence-corrected chi connectivity index (χ3v) is 4.36. The lowest BCUT2D eigenvalue weighted by Gasteiger charge is -2.11. The maximum atomic E-state index is 12.5. The standard InChI is InChI=1S/C22H22ClN3O3/c1-2-3-12-29-22(28)18-9-5-7-11-20(18)26-21(27)17(13-24)15-25-14-16-8-4-6-10-19(16)23/h4-11,15,25H,2-3,12,14H2,1H3,(H,26,27)/b17-15-. The van der Waals surface area contributed by atoms with Crippen molar-refractivity contribution in [1.29, 1.82) is 5.26 Å². The number of ether oxygens (including phenoxy) is 1. The van der Waals surface area contributed by atoms with Crippen LogP contribution in [-0.4, -0.2) is 18.5 Å². The van der Waals surface area contributed by atoms with Crippen LogP contribution in [0.4, 0.5) is 5.69 Å². The normalized spacial score (nSPS) is 10.7. The lowest BCUT2D eigenvalue weighted by molar-refractivity contribution is -0.112. The molecular formula is C22H22ClN3O3. The van der Waals surface area contributed by atoms with Crippen LogP contribution in [0, 0.1) is 11.3 Å². The number of nitrogens with one attached hydrogen (secondary N) is 2. The fourth-order valence-corrected chi connectivity index (χ4v) is 2.60. The quantitative estimate of drug-likeness (QED) is 0.275. The van der Waals surface area contributed by atoms with Crippen molar-refractivity contribution in [3.8, 4) is 6.07 Å². The van der Waals surface area contributed by atoms with Gasteiger partial charge in [-0.25, -0.2) is 4.79 Å².